The van der Waals surface area contributed by atoms with Crippen molar-refractivity contribution in [2.45, 2.75) is 50.5 Å². The summed E-state index contributed by atoms with van der Waals surface area (Å²) < 4.78 is 27.3. The van der Waals surface area contributed by atoms with E-state index in [-0.39, 0.29) is 16.8 Å². The number of hydrogen-bond acceptors (Lipinski definition) is 3. The van der Waals surface area contributed by atoms with Gasteiger partial charge < -0.3 is 5.32 Å². The van der Waals surface area contributed by atoms with E-state index in [9.17, 15) is 13.2 Å². The molecule has 1 heterocycles. The van der Waals surface area contributed by atoms with Gasteiger partial charge in [-0.05, 0) is 62.1 Å². The van der Waals surface area contributed by atoms with Crippen molar-refractivity contribution in [3.8, 4) is 0 Å². The predicted molar refractivity (Wildman–Crippen MR) is 107 cm³/mol. The molecule has 1 aliphatic heterocycles. The molecule has 1 N–H and O–H groups in total. The molecule has 27 heavy (non-hydrogen) atoms. The molecule has 0 aliphatic carbocycles. The van der Waals surface area contributed by atoms with Crippen LogP contribution in [0.3, 0.4) is 0 Å². The summed E-state index contributed by atoms with van der Waals surface area (Å²) in [6.07, 6.45) is 3.66. The molecule has 0 saturated carbocycles. The highest BCUT2D eigenvalue weighted by molar-refractivity contribution is 7.89. The van der Waals surface area contributed by atoms with Gasteiger partial charge in [0, 0.05) is 23.8 Å². The molecular weight excluding hydrogens is 360 g/mol. The Balaban J connectivity index is 1.77. The highest BCUT2D eigenvalue weighted by Gasteiger charge is 2.30. The third-order valence-corrected chi connectivity index (χ3v) is 7.14. The van der Waals surface area contributed by atoms with Crippen molar-refractivity contribution < 1.29 is 13.2 Å². The molecule has 1 amide bonds. The van der Waals surface area contributed by atoms with Gasteiger partial charge in [-0.2, -0.15) is 4.31 Å². The number of benzene rings is 2. The van der Waals surface area contributed by atoms with Gasteiger partial charge in [0.25, 0.3) is 5.91 Å². The highest BCUT2D eigenvalue weighted by atomic mass is 32.2. The largest absolute Gasteiger partial charge is 0.322 e. The smallest absolute Gasteiger partial charge is 0.255 e. The second-order valence-corrected chi connectivity index (χ2v) is 8.84. The van der Waals surface area contributed by atoms with Crippen LogP contribution in [0, 0.1) is 0 Å². The van der Waals surface area contributed by atoms with Gasteiger partial charge in [-0.15, -0.1) is 0 Å². The zero-order valence-corrected chi connectivity index (χ0v) is 16.6. The van der Waals surface area contributed by atoms with Gasteiger partial charge in [0.2, 0.25) is 10.0 Å². The van der Waals surface area contributed by atoms with Crippen LogP contribution in [-0.4, -0.2) is 31.2 Å². The van der Waals surface area contributed by atoms with Crippen LogP contribution >= 0.6 is 0 Å². The summed E-state index contributed by atoms with van der Waals surface area (Å²) in [6.45, 7) is 4.54. The van der Waals surface area contributed by atoms with Gasteiger partial charge in [-0.3, -0.25) is 4.79 Å². The van der Waals surface area contributed by atoms with E-state index < -0.39 is 10.0 Å². The maximum absolute atomic E-state index is 12.9. The van der Waals surface area contributed by atoms with Crippen molar-refractivity contribution in [2.24, 2.45) is 0 Å². The molecule has 3 rings (SSSR count). The van der Waals surface area contributed by atoms with Crippen molar-refractivity contribution in [3.05, 3.63) is 59.7 Å². The zero-order chi connectivity index (χ0) is 19.4. The van der Waals surface area contributed by atoms with Gasteiger partial charge in [-0.1, -0.05) is 31.5 Å². The zero-order valence-electron chi connectivity index (χ0n) is 15.8. The van der Waals surface area contributed by atoms with E-state index >= 15 is 0 Å². The molecule has 144 valence electrons. The number of carbonyl (C=O) groups excluding carboxylic acids is 1. The lowest BCUT2D eigenvalue weighted by molar-refractivity contribution is 0.102. The molecule has 1 saturated heterocycles. The van der Waals surface area contributed by atoms with Gasteiger partial charge in [0.15, 0.2) is 0 Å². The highest BCUT2D eigenvalue weighted by Crippen LogP contribution is 2.25. The first kappa shape index (κ1) is 19.6. The summed E-state index contributed by atoms with van der Waals surface area (Å²) in [7, 11) is -3.52. The molecule has 6 heteroatoms. The van der Waals surface area contributed by atoms with Gasteiger partial charge in [-0.25, -0.2) is 8.42 Å². The second-order valence-electron chi connectivity index (χ2n) is 6.95. The van der Waals surface area contributed by atoms with Crippen LogP contribution in [0.2, 0.25) is 0 Å². The fourth-order valence-corrected chi connectivity index (χ4v) is 5.19. The molecule has 5 nitrogen and oxygen atoms in total. The summed E-state index contributed by atoms with van der Waals surface area (Å²) in [5.41, 5.74) is 2.28. The summed E-state index contributed by atoms with van der Waals surface area (Å²) in [6, 6.07) is 13.9. The van der Waals surface area contributed by atoms with Crippen molar-refractivity contribution >= 4 is 21.6 Å². The average Bonchev–Trinajstić information content (AvgIpc) is 2.68. The number of nitrogens with zero attached hydrogens (tertiary/aromatic N) is 1. The summed E-state index contributed by atoms with van der Waals surface area (Å²) in [5, 5.41) is 2.91. The molecule has 2 aromatic carbocycles. The number of aryl methyl sites for hydroxylation is 1. The van der Waals surface area contributed by atoms with Crippen molar-refractivity contribution in [3.63, 3.8) is 0 Å². The van der Waals surface area contributed by atoms with E-state index in [1.807, 2.05) is 38.1 Å². The Kier molecular flexibility index (Phi) is 5.97. The Labute approximate surface area is 161 Å². The van der Waals surface area contributed by atoms with Gasteiger partial charge in [0.1, 0.15) is 0 Å². The average molecular weight is 387 g/mol. The third kappa shape index (κ3) is 4.22. The number of amides is 1. The lowest BCUT2D eigenvalue weighted by Gasteiger charge is -2.32. The Bertz CT molecular complexity index is 907. The Morgan fingerprint density at radius 3 is 2.48 bits per heavy atom. The number of anilines is 1. The predicted octanol–water partition coefficient (Wildman–Crippen LogP) is 4.06. The number of hydrogen-bond donors (Lipinski definition) is 1. The van der Waals surface area contributed by atoms with Crippen LogP contribution in [0.15, 0.2) is 53.4 Å². The van der Waals surface area contributed by atoms with E-state index in [0.717, 1.165) is 36.9 Å². The maximum Gasteiger partial charge on any atom is 0.255 e. The lowest BCUT2D eigenvalue weighted by Crippen LogP contribution is -2.41. The number of piperidine rings is 1. The summed E-state index contributed by atoms with van der Waals surface area (Å²) >= 11 is 0. The number of nitrogens with one attached hydrogen (secondary N) is 1. The van der Waals surface area contributed by atoms with E-state index in [2.05, 4.69) is 5.32 Å². The standard InChI is InChI=1S/C21H26N2O3S/c1-3-17-9-4-5-10-20(17)22-21(24)18-11-13-19(14-12-18)27(25,26)23-15-7-6-8-16(23)2/h4-5,9-14,16H,3,6-8,15H2,1-2H3,(H,22,24)/t16-/m0/s1. The van der Waals surface area contributed by atoms with Gasteiger partial charge >= 0.3 is 0 Å². The first-order chi connectivity index (χ1) is 12.9. The first-order valence-electron chi connectivity index (χ1n) is 9.44. The van der Waals surface area contributed by atoms with Crippen LogP contribution in [-0.2, 0) is 16.4 Å². The molecule has 1 aliphatic rings. The number of rotatable bonds is 5. The van der Waals surface area contributed by atoms with Crippen LogP contribution < -0.4 is 5.32 Å². The van der Waals surface area contributed by atoms with E-state index in [1.165, 1.54) is 12.1 Å². The number of carbonyl (C=O) groups is 1. The maximum atomic E-state index is 12.9. The Hall–Kier alpha value is -2.18. The number of para-hydroxylation sites is 1. The fraction of sp³-hybridized carbons (Fsp3) is 0.381. The quantitative estimate of drug-likeness (QED) is 0.842. The van der Waals surface area contributed by atoms with E-state index in [1.54, 1.807) is 16.4 Å². The van der Waals surface area contributed by atoms with Crippen molar-refractivity contribution in [1.29, 1.82) is 0 Å². The van der Waals surface area contributed by atoms with Crippen LogP contribution in [0.5, 0.6) is 0 Å². The Morgan fingerprint density at radius 1 is 1.11 bits per heavy atom. The SMILES string of the molecule is CCc1ccccc1NC(=O)c1ccc(S(=O)(=O)N2CCCC[C@@H]2C)cc1. The molecule has 0 spiro atoms. The summed E-state index contributed by atoms with van der Waals surface area (Å²) in [4.78, 5) is 12.8. The van der Waals surface area contributed by atoms with E-state index in [0.29, 0.717) is 12.1 Å². The fourth-order valence-electron chi connectivity index (χ4n) is 3.49. The van der Waals surface area contributed by atoms with E-state index in [4.69, 9.17) is 0 Å². The van der Waals surface area contributed by atoms with Crippen LogP contribution in [0.1, 0.15) is 49.0 Å². The minimum atomic E-state index is -3.52. The molecule has 0 unspecified atom stereocenters. The minimum absolute atomic E-state index is 0.0114. The minimum Gasteiger partial charge on any atom is -0.322 e. The molecule has 0 aromatic heterocycles. The second kappa shape index (κ2) is 8.23. The van der Waals surface area contributed by atoms with Crippen LogP contribution in [0.25, 0.3) is 0 Å². The Morgan fingerprint density at radius 2 is 1.81 bits per heavy atom. The van der Waals surface area contributed by atoms with Gasteiger partial charge in [0.05, 0.1) is 4.90 Å². The van der Waals surface area contributed by atoms with Crippen molar-refractivity contribution in [1.82, 2.24) is 4.31 Å². The summed E-state index contributed by atoms with van der Waals surface area (Å²) in [5.74, 6) is -0.244. The van der Waals surface area contributed by atoms with Crippen molar-refractivity contribution in [2.75, 3.05) is 11.9 Å². The molecule has 2 aromatic rings. The monoisotopic (exact) mass is 386 g/mol. The third-order valence-electron chi connectivity index (χ3n) is 5.11. The molecule has 1 atom stereocenters. The van der Waals surface area contributed by atoms with Crippen LogP contribution in [0.4, 0.5) is 5.69 Å². The molecule has 1 fully saturated rings. The molecular formula is C21H26N2O3S. The molecule has 0 bridgehead atoms. The number of sulfonamides is 1. The first-order valence-corrected chi connectivity index (χ1v) is 10.9. The normalized spacial score (nSPS) is 18.2. The lowest BCUT2D eigenvalue weighted by atomic mass is 10.1. The molecule has 0 radical (unpaired) electrons. The topological polar surface area (TPSA) is 66.5 Å².